The van der Waals surface area contributed by atoms with Crippen LogP contribution in [0.1, 0.15) is 41.6 Å². The van der Waals surface area contributed by atoms with Gasteiger partial charge in [0.05, 0.1) is 30.2 Å². The molecule has 0 saturated heterocycles. The average Bonchev–Trinajstić information content (AvgIpc) is 3.20. The first kappa shape index (κ1) is 18.0. The molecule has 142 valence electrons. The highest BCUT2D eigenvalue weighted by Crippen LogP contribution is 2.28. The van der Waals surface area contributed by atoms with E-state index < -0.39 is 5.97 Å². The molecule has 4 rings (SSSR count). The Balaban J connectivity index is 1.84. The van der Waals surface area contributed by atoms with Crippen LogP contribution in [0.3, 0.4) is 0 Å². The summed E-state index contributed by atoms with van der Waals surface area (Å²) >= 11 is 0. The predicted molar refractivity (Wildman–Crippen MR) is 108 cm³/mol. The molecule has 0 bridgehead atoms. The number of H-pyrrole nitrogens is 1. The van der Waals surface area contributed by atoms with Crippen molar-refractivity contribution in [1.29, 1.82) is 0 Å². The van der Waals surface area contributed by atoms with E-state index in [0.717, 1.165) is 52.7 Å². The monoisotopic (exact) mass is 375 g/mol. The Morgan fingerprint density at radius 2 is 2.11 bits per heavy atom. The van der Waals surface area contributed by atoms with Crippen molar-refractivity contribution >= 4 is 28.3 Å². The smallest absolute Gasteiger partial charge is 0.341 e. The van der Waals surface area contributed by atoms with E-state index in [4.69, 9.17) is 9.73 Å². The number of carbonyl (C=O) groups is 1. The van der Waals surface area contributed by atoms with E-state index in [1.54, 1.807) is 18.3 Å². The molecule has 1 heterocycles. The Bertz CT molecular complexity index is 1100. The number of nitrogens with zero attached hydrogens (tertiary/aromatic N) is 2. The number of hydrogen-bond acceptors (Lipinski definition) is 5. The number of carbonyl (C=O) groups excluding carboxylic acids is 1. The predicted octanol–water partition coefficient (Wildman–Crippen LogP) is 4.68. The quantitative estimate of drug-likeness (QED) is 0.512. The summed E-state index contributed by atoms with van der Waals surface area (Å²) in [6.45, 7) is 0. The van der Waals surface area contributed by atoms with Gasteiger partial charge in [0, 0.05) is 10.9 Å². The molecule has 1 aliphatic carbocycles. The molecule has 2 N–H and O–H groups in total. The summed E-state index contributed by atoms with van der Waals surface area (Å²) in [4.78, 5) is 16.9. The zero-order chi connectivity index (χ0) is 19.5. The lowest BCUT2D eigenvalue weighted by atomic mass is 9.91. The van der Waals surface area contributed by atoms with Gasteiger partial charge in [-0.25, -0.2) is 9.79 Å². The molecule has 0 unspecified atom stereocenters. The number of aromatic hydroxyl groups is 1. The molecule has 6 heteroatoms. The topological polar surface area (TPSA) is 87.6 Å². The molecule has 0 fully saturated rings. The molecule has 3 aromatic rings. The number of esters is 1. The van der Waals surface area contributed by atoms with Crippen molar-refractivity contribution in [3.63, 3.8) is 0 Å². The van der Waals surface area contributed by atoms with Gasteiger partial charge in [0.15, 0.2) is 0 Å². The van der Waals surface area contributed by atoms with Gasteiger partial charge >= 0.3 is 5.97 Å². The second-order valence-electron chi connectivity index (χ2n) is 6.80. The van der Waals surface area contributed by atoms with E-state index in [-0.39, 0.29) is 11.3 Å². The van der Waals surface area contributed by atoms with Crippen LogP contribution in [-0.4, -0.2) is 34.1 Å². The lowest BCUT2D eigenvalue weighted by molar-refractivity contribution is 0.0597. The summed E-state index contributed by atoms with van der Waals surface area (Å²) in [6.07, 6.45) is 8.19. The first-order valence-corrected chi connectivity index (χ1v) is 9.28. The molecule has 2 aromatic carbocycles. The number of allylic oxidation sites excluding steroid dienone is 2. The second-order valence-corrected chi connectivity index (χ2v) is 6.80. The minimum atomic E-state index is -0.573. The minimum Gasteiger partial charge on any atom is -0.507 e. The van der Waals surface area contributed by atoms with Gasteiger partial charge in [0.25, 0.3) is 0 Å². The Hall–Kier alpha value is -3.41. The van der Waals surface area contributed by atoms with Crippen LogP contribution < -0.4 is 0 Å². The van der Waals surface area contributed by atoms with Crippen molar-refractivity contribution in [2.45, 2.75) is 25.7 Å². The summed E-state index contributed by atoms with van der Waals surface area (Å²) in [6, 6.07) is 10.8. The number of phenols is 1. The van der Waals surface area contributed by atoms with Gasteiger partial charge in [-0.3, -0.25) is 5.10 Å². The second kappa shape index (κ2) is 7.68. The standard InChI is InChI=1S/C22H21N3O3/c1-28-22(27)18-12-15(7-10-20(18)26)21(14-5-3-2-4-6-14)24-17-8-9-19-16(11-17)13-23-25-19/h5,7-13,26H,2-4,6H2,1H3,(H,23,25)/b24-21+. The normalized spacial score (nSPS) is 14.8. The highest BCUT2D eigenvalue weighted by atomic mass is 16.5. The maximum atomic E-state index is 12.0. The summed E-state index contributed by atoms with van der Waals surface area (Å²) in [5.74, 6) is -0.677. The van der Waals surface area contributed by atoms with Gasteiger partial charge in [-0.1, -0.05) is 6.08 Å². The molecule has 1 aromatic heterocycles. The number of phenolic OH excluding ortho intramolecular Hbond substituents is 1. The van der Waals surface area contributed by atoms with Crippen LogP contribution in [0.15, 0.2) is 59.2 Å². The van der Waals surface area contributed by atoms with Gasteiger partial charge in [0.1, 0.15) is 11.3 Å². The van der Waals surface area contributed by atoms with Gasteiger partial charge in [0.2, 0.25) is 0 Å². The average molecular weight is 375 g/mol. The lowest BCUT2D eigenvalue weighted by Gasteiger charge is -2.16. The van der Waals surface area contributed by atoms with E-state index in [0.29, 0.717) is 0 Å². The largest absolute Gasteiger partial charge is 0.507 e. The molecule has 0 amide bonds. The summed E-state index contributed by atoms with van der Waals surface area (Å²) in [5.41, 5.74) is 4.64. The van der Waals surface area contributed by atoms with Crippen LogP contribution in [-0.2, 0) is 4.74 Å². The van der Waals surface area contributed by atoms with Crippen LogP contribution in [0.25, 0.3) is 10.9 Å². The summed E-state index contributed by atoms with van der Waals surface area (Å²) in [7, 11) is 1.30. The van der Waals surface area contributed by atoms with Crippen molar-refractivity contribution < 1.29 is 14.6 Å². The molecule has 0 aliphatic heterocycles. The summed E-state index contributed by atoms with van der Waals surface area (Å²) in [5, 5.41) is 18.0. The first-order valence-electron chi connectivity index (χ1n) is 9.28. The van der Waals surface area contributed by atoms with Gasteiger partial charge in [-0.2, -0.15) is 5.10 Å². The van der Waals surface area contributed by atoms with Gasteiger partial charge < -0.3 is 9.84 Å². The fraction of sp³-hybridized carbons (Fsp3) is 0.227. The fourth-order valence-corrected chi connectivity index (χ4v) is 3.46. The number of fused-ring (bicyclic) bond motifs is 1. The molecule has 0 saturated carbocycles. The van der Waals surface area contributed by atoms with E-state index in [1.807, 2.05) is 18.2 Å². The lowest BCUT2D eigenvalue weighted by Crippen LogP contribution is -2.10. The van der Waals surface area contributed by atoms with Crippen molar-refractivity contribution in [3.8, 4) is 5.75 Å². The Morgan fingerprint density at radius 1 is 1.21 bits per heavy atom. The SMILES string of the molecule is COC(=O)c1cc(/C(=N/c2ccc3[nH]ncc3c2)C2=CCCCC2)ccc1O. The maximum absolute atomic E-state index is 12.0. The number of hydrogen-bond donors (Lipinski definition) is 2. The van der Waals surface area contributed by atoms with Crippen molar-refractivity contribution in [2.24, 2.45) is 4.99 Å². The number of rotatable bonds is 4. The van der Waals surface area contributed by atoms with Crippen LogP contribution in [0.2, 0.25) is 0 Å². The van der Waals surface area contributed by atoms with Crippen molar-refractivity contribution in [3.05, 3.63) is 65.4 Å². The summed E-state index contributed by atoms with van der Waals surface area (Å²) < 4.78 is 4.79. The van der Waals surface area contributed by atoms with Crippen LogP contribution in [0.4, 0.5) is 5.69 Å². The third-order valence-electron chi connectivity index (χ3n) is 4.94. The number of methoxy groups -OCH3 is 1. The highest BCUT2D eigenvalue weighted by molar-refractivity contribution is 6.14. The zero-order valence-electron chi connectivity index (χ0n) is 15.6. The number of aromatic amines is 1. The number of nitrogens with one attached hydrogen (secondary N) is 1. The van der Waals surface area contributed by atoms with E-state index in [9.17, 15) is 9.90 Å². The van der Waals surface area contributed by atoms with Gasteiger partial charge in [-0.15, -0.1) is 0 Å². The van der Waals surface area contributed by atoms with Crippen LogP contribution in [0.5, 0.6) is 5.75 Å². The maximum Gasteiger partial charge on any atom is 0.341 e. The molecular formula is C22H21N3O3. The first-order chi connectivity index (χ1) is 13.7. The number of aliphatic imine (C=N–C) groups is 1. The van der Waals surface area contributed by atoms with Gasteiger partial charge in [-0.05, 0) is 67.7 Å². The molecule has 28 heavy (non-hydrogen) atoms. The molecule has 0 spiro atoms. The fourth-order valence-electron chi connectivity index (χ4n) is 3.46. The van der Waals surface area contributed by atoms with Crippen molar-refractivity contribution in [1.82, 2.24) is 10.2 Å². The van der Waals surface area contributed by atoms with Crippen molar-refractivity contribution in [2.75, 3.05) is 7.11 Å². The van der Waals surface area contributed by atoms with E-state index in [2.05, 4.69) is 16.3 Å². The molecule has 6 nitrogen and oxygen atoms in total. The third-order valence-corrected chi connectivity index (χ3v) is 4.94. The van der Waals surface area contributed by atoms with Crippen LogP contribution >= 0.6 is 0 Å². The molecular weight excluding hydrogens is 354 g/mol. The zero-order valence-corrected chi connectivity index (χ0v) is 15.6. The molecule has 0 atom stereocenters. The highest BCUT2D eigenvalue weighted by Gasteiger charge is 2.18. The molecule has 0 radical (unpaired) electrons. The number of aromatic nitrogens is 2. The Kier molecular flexibility index (Phi) is 4.93. The molecule has 1 aliphatic rings. The minimum absolute atomic E-state index is 0.104. The Morgan fingerprint density at radius 3 is 2.89 bits per heavy atom. The van der Waals surface area contributed by atoms with Crippen LogP contribution in [0, 0.1) is 0 Å². The number of benzene rings is 2. The number of ether oxygens (including phenoxy) is 1. The van der Waals surface area contributed by atoms with E-state index >= 15 is 0 Å². The third kappa shape index (κ3) is 3.53. The van der Waals surface area contributed by atoms with E-state index in [1.165, 1.54) is 19.6 Å². The Labute approximate surface area is 162 Å².